The molecule has 1 aromatic carbocycles. The van der Waals surface area contributed by atoms with Gasteiger partial charge >= 0.3 is 0 Å². The number of nitrogens with zero attached hydrogens (tertiary/aromatic N) is 1. The van der Waals surface area contributed by atoms with Gasteiger partial charge in [-0.1, -0.05) is 17.9 Å². The molecule has 0 spiro atoms. The second-order valence-corrected chi connectivity index (χ2v) is 6.23. The molecule has 3 rings (SSSR count). The fraction of sp³-hybridized carbons (Fsp3) is 0.300. The highest BCUT2D eigenvalue weighted by molar-refractivity contribution is 6.15. The first-order valence-electron chi connectivity index (χ1n) is 8.56. The van der Waals surface area contributed by atoms with Crippen LogP contribution < -0.4 is 14.7 Å². The number of ketones is 1. The van der Waals surface area contributed by atoms with Crippen LogP contribution in [0.15, 0.2) is 36.4 Å². The highest BCUT2D eigenvalue weighted by Crippen LogP contribution is 2.40. The van der Waals surface area contributed by atoms with Gasteiger partial charge in [0.05, 0.1) is 18.7 Å². The van der Waals surface area contributed by atoms with Crippen LogP contribution >= 0.6 is 0 Å². The molecular formula is C20H22N2O3. The van der Waals surface area contributed by atoms with E-state index in [4.69, 9.17) is 4.74 Å². The Morgan fingerprint density at radius 2 is 2.08 bits per heavy atom. The average Bonchev–Trinajstić information content (AvgIpc) is 2.93. The first kappa shape index (κ1) is 17.2. The van der Waals surface area contributed by atoms with Gasteiger partial charge < -0.3 is 14.7 Å². The van der Waals surface area contributed by atoms with Crippen molar-refractivity contribution >= 4 is 11.9 Å². The number of hydrogen-bond donors (Lipinski definition) is 1. The van der Waals surface area contributed by atoms with Crippen LogP contribution in [0.1, 0.15) is 40.9 Å². The molecule has 1 N–H and O–H groups in total. The van der Waals surface area contributed by atoms with Gasteiger partial charge in [-0.2, -0.15) is 0 Å². The van der Waals surface area contributed by atoms with E-state index in [2.05, 4.69) is 18.8 Å². The summed E-state index contributed by atoms with van der Waals surface area (Å²) in [4.78, 5) is 18.1. The number of carbonyl (C=O) groups is 1. The Balaban J connectivity index is 2.04. The average molecular weight is 338 g/mol. The summed E-state index contributed by atoms with van der Waals surface area (Å²) in [5.74, 6) is 0.440. The first-order valence-corrected chi connectivity index (χ1v) is 8.56. The lowest BCUT2D eigenvalue weighted by Gasteiger charge is -2.22. The van der Waals surface area contributed by atoms with Gasteiger partial charge in [-0.3, -0.25) is 9.78 Å². The highest BCUT2D eigenvalue weighted by Gasteiger charge is 2.32. The van der Waals surface area contributed by atoms with E-state index in [1.807, 2.05) is 6.07 Å². The van der Waals surface area contributed by atoms with Crippen LogP contribution in [-0.4, -0.2) is 23.9 Å². The number of allylic oxidation sites excluding steroid dienone is 1. The van der Waals surface area contributed by atoms with E-state index in [0.717, 1.165) is 18.7 Å². The van der Waals surface area contributed by atoms with E-state index in [1.54, 1.807) is 37.5 Å². The summed E-state index contributed by atoms with van der Waals surface area (Å²) < 4.78 is 5.88. The molecule has 0 unspecified atom stereocenters. The monoisotopic (exact) mass is 338 g/mol. The van der Waals surface area contributed by atoms with Gasteiger partial charge in [0, 0.05) is 18.0 Å². The number of rotatable bonds is 5. The molecular weight excluding hydrogens is 316 g/mol. The molecule has 5 nitrogen and oxygen atoms in total. The summed E-state index contributed by atoms with van der Waals surface area (Å²) in [6, 6.07) is 5.20. The van der Waals surface area contributed by atoms with Crippen molar-refractivity contribution < 1.29 is 19.5 Å². The maximum atomic E-state index is 12.8. The summed E-state index contributed by atoms with van der Waals surface area (Å²) >= 11 is 0. The summed E-state index contributed by atoms with van der Waals surface area (Å²) in [6.07, 6.45) is 5.01. The van der Waals surface area contributed by atoms with E-state index < -0.39 is 0 Å². The molecule has 0 saturated carbocycles. The molecule has 0 radical (unpaired) electrons. The molecule has 0 bridgehead atoms. The second-order valence-electron chi connectivity index (χ2n) is 6.23. The van der Waals surface area contributed by atoms with Crippen LogP contribution in [0.3, 0.4) is 0 Å². The third kappa shape index (κ3) is 3.28. The molecule has 1 aliphatic rings. The van der Waals surface area contributed by atoms with Crippen molar-refractivity contribution in [1.29, 1.82) is 0 Å². The molecule has 0 aliphatic carbocycles. The highest BCUT2D eigenvalue weighted by atomic mass is 16.5. The molecule has 0 saturated heterocycles. The number of nitrogens with one attached hydrogen (secondary N) is 1. The number of aryl methyl sites for hydroxylation is 1. The predicted molar refractivity (Wildman–Crippen MR) is 93.5 cm³/mol. The number of ether oxygens (including phenoxy) is 1. The molecule has 1 aromatic heterocycles. The Morgan fingerprint density at radius 3 is 2.72 bits per heavy atom. The number of benzene rings is 1. The SMILES string of the molecule is CC[NH+](CC)Cc1c([O-])cc(C)c2c1OC(=Cc1cccnc1)C2=O. The lowest BCUT2D eigenvalue weighted by molar-refractivity contribution is -0.910. The van der Waals surface area contributed by atoms with Crippen LogP contribution in [0, 0.1) is 6.92 Å². The number of Topliss-reactive ketones (excluding diaryl/α,β-unsaturated/α-hetero) is 1. The maximum absolute atomic E-state index is 12.8. The van der Waals surface area contributed by atoms with Crippen molar-refractivity contribution in [3.63, 3.8) is 0 Å². The minimum Gasteiger partial charge on any atom is -0.872 e. The zero-order valence-electron chi connectivity index (χ0n) is 14.8. The molecule has 0 amide bonds. The summed E-state index contributed by atoms with van der Waals surface area (Å²) in [5.41, 5.74) is 2.55. The van der Waals surface area contributed by atoms with Crippen molar-refractivity contribution in [2.75, 3.05) is 13.1 Å². The Bertz CT molecular complexity index is 825. The van der Waals surface area contributed by atoms with Crippen molar-refractivity contribution in [2.24, 2.45) is 0 Å². The number of fused-ring (bicyclic) bond motifs is 1. The molecule has 5 heteroatoms. The Labute approximate surface area is 147 Å². The minimum absolute atomic E-state index is 0.0638. The molecule has 0 atom stereocenters. The van der Waals surface area contributed by atoms with Crippen molar-refractivity contribution in [1.82, 2.24) is 4.98 Å². The molecule has 25 heavy (non-hydrogen) atoms. The zero-order chi connectivity index (χ0) is 18.0. The third-order valence-electron chi connectivity index (χ3n) is 4.61. The lowest BCUT2D eigenvalue weighted by atomic mass is 9.99. The number of aromatic nitrogens is 1. The van der Waals surface area contributed by atoms with Crippen molar-refractivity contribution in [3.8, 4) is 11.5 Å². The summed E-state index contributed by atoms with van der Waals surface area (Å²) in [5, 5.41) is 12.5. The van der Waals surface area contributed by atoms with Crippen LogP contribution in [0.25, 0.3) is 6.08 Å². The van der Waals surface area contributed by atoms with Gasteiger partial charge in [0.15, 0.2) is 5.76 Å². The third-order valence-corrected chi connectivity index (χ3v) is 4.61. The standard InChI is InChI=1S/C20H22N2O3/c1-4-22(5-2)12-15-16(23)9-13(3)18-19(24)17(25-20(15)18)10-14-7-6-8-21-11-14/h6-11,23H,4-5,12H2,1-3H3. The van der Waals surface area contributed by atoms with Gasteiger partial charge in [-0.15, -0.1) is 0 Å². The summed E-state index contributed by atoms with van der Waals surface area (Å²) in [7, 11) is 0. The molecule has 2 aromatic rings. The maximum Gasteiger partial charge on any atom is 0.232 e. The van der Waals surface area contributed by atoms with Crippen molar-refractivity contribution in [2.45, 2.75) is 27.3 Å². The quantitative estimate of drug-likeness (QED) is 0.839. The Hall–Kier alpha value is -2.66. The zero-order valence-corrected chi connectivity index (χ0v) is 14.8. The first-order chi connectivity index (χ1) is 12.0. The number of hydrogen-bond acceptors (Lipinski definition) is 4. The predicted octanol–water partition coefficient (Wildman–Crippen LogP) is 1.50. The number of pyridine rings is 1. The van der Waals surface area contributed by atoms with E-state index in [9.17, 15) is 9.90 Å². The molecule has 130 valence electrons. The molecule has 0 fully saturated rings. The topological polar surface area (TPSA) is 66.7 Å². The fourth-order valence-corrected chi connectivity index (χ4v) is 3.10. The van der Waals surface area contributed by atoms with Crippen LogP contribution in [-0.2, 0) is 6.54 Å². The van der Waals surface area contributed by atoms with Gasteiger partial charge in [-0.25, -0.2) is 0 Å². The number of carbonyl (C=O) groups excluding carboxylic acids is 1. The second kappa shape index (κ2) is 7.07. The minimum atomic E-state index is -0.174. The van der Waals surface area contributed by atoms with Gasteiger partial charge in [0.2, 0.25) is 5.78 Å². The van der Waals surface area contributed by atoms with Gasteiger partial charge in [0.25, 0.3) is 0 Å². The van der Waals surface area contributed by atoms with Crippen LogP contribution in [0.2, 0.25) is 0 Å². The molecule has 1 aliphatic heterocycles. The largest absolute Gasteiger partial charge is 0.872 e. The van der Waals surface area contributed by atoms with E-state index in [-0.39, 0.29) is 17.3 Å². The molecule has 2 heterocycles. The van der Waals surface area contributed by atoms with Crippen LogP contribution in [0.4, 0.5) is 0 Å². The smallest absolute Gasteiger partial charge is 0.232 e. The normalized spacial score (nSPS) is 14.9. The van der Waals surface area contributed by atoms with E-state index >= 15 is 0 Å². The Kier molecular flexibility index (Phi) is 4.86. The van der Waals surface area contributed by atoms with Gasteiger partial charge in [-0.05, 0) is 44.0 Å². The Morgan fingerprint density at radius 1 is 1.32 bits per heavy atom. The van der Waals surface area contributed by atoms with Crippen molar-refractivity contribution in [3.05, 3.63) is 58.6 Å². The van der Waals surface area contributed by atoms with Crippen LogP contribution in [0.5, 0.6) is 11.5 Å². The number of quaternary nitrogens is 1. The summed E-state index contributed by atoms with van der Waals surface area (Å²) in [6.45, 7) is 8.31. The van der Waals surface area contributed by atoms with E-state index in [1.165, 1.54) is 4.90 Å². The fourth-order valence-electron chi connectivity index (χ4n) is 3.10. The lowest BCUT2D eigenvalue weighted by Crippen LogP contribution is -3.10. The van der Waals surface area contributed by atoms with E-state index in [0.29, 0.717) is 29.0 Å². The van der Waals surface area contributed by atoms with Gasteiger partial charge in [0.1, 0.15) is 12.3 Å².